The molecule has 1 aromatic carbocycles. The predicted molar refractivity (Wildman–Crippen MR) is 145 cm³/mol. The summed E-state index contributed by atoms with van der Waals surface area (Å²) in [5, 5.41) is 28.7. The van der Waals surface area contributed by atoms with Gasteiger partial charge in [-0.05, 0) is 49.6 Å². The molecule has 1 amide bonds. The van der Waals surface area contributed by atoms with Gasteiger partial charge in [-0.3, -0.25) is 9.48 Å². The Bertz CT molecular complexity index is 1420. The van der Waals surface area contributed by atoms with Crippen molar-refractivity contribution in [3.05, 3.63) is 54.5 Å². The van der Waals surface area contributed by atoms with Gasteiger partial charge in [0, 0.05) is 48.8 Å². The first-order chi connectivity index (χ1) is 18.8. The monoisotopic (exact) mass is 552 g/mol. The standard InChI is InChI=1S/C26H32N8O4S/c1-2-17-39(37,38)33-14-9-26(8-11-27,10-15-33)34-19-21(18-30-34)23-7-12-29-25(32-23)31-22-5-3-20(4-6-22)24(36)28-13-16-35/h3-7,12,18-19,35H,2,8-10,13-17H2,1H3,(H,28,36)(H,29,31,32). The lowest BCUT2D eigenvalue weighted by atomic mass is 9.85. The summed E-state index contributed by atoms with van der Waals surface area (Å²) in [7, 11) is -3.29. The lowest BCUT2D eigenvalue weighted by Crippen LogP contribution is -2.48. The molecule has 1 fully saturated rings. The van der Waals surface area contributed by atoms with Gasteiger partial charge in [0.2, 0.25) is 16.0 Å². The molecule has 1 saturated heterocycles. The number of aliphatic hydroxyl groups is 1. The first kappa shape index (κ1) is 28.2. The van der Waals surface area contributed by atoms with E-state index in [9.17, 15) is 18.5 Å². The second-order valence-corrected chi connectivity index (χ2v) is 11.5. The highest BCUT2D eigenvalue weighted by molar-refractivity contribution is 7.89. The molecule has 0 bridgehead atoms. The molecule has 13 heteroatoms. The smallest absolute Gasteiger partial charge is 0.251 e. The number of nitriles is 1. The molecule has 206 valence electrons. The Hall–Kier alpha value is -3.86. The summed E-state index contributed by atoms with van der Waals surface area (Å²) in [6, 6.07) is 10.8. The Labute approximate surface area is 227 Å². The third kappa shape index (κ3) is 6.59. The zero-order chi connectivity index (χ0) is 27.9. The van der Waals surface area contributed by atoms with Crippen LogP contribution in [0.2, 0.25) is 0 Å². The number of hydrogen-bond donors (Lipinski definition) is 3. The SMILES string of the molecule is CCCS(=O)(=O)N1CCC(CC#N)(n2cc(-c3ccnc(Nc4ccc(C(=O)NCCO)cc4)n3)cn2)CC1. The van der Waals surface area contributed by atoms with Crippen LogP contribution in [0.4, 0.5) is 11.6 Å². The molecule has 0 atom stereocenters. The molecule has 0 saturated carbocycles. The number of aromatic nitrogens is 4. The van der Waals surface area contributed by atoms with Crippen LogP contribution in [0.5, 0.6) is 0 Å². The molecule has 0 unspecified atom stereocenters. The fourth-order valence-corrected chi connectivity index (χ4v) is 6.11. The highest BCUT2D eigenvalue weighted by atomic mass is 32.2. The Morgan fingerprint density at radius 2 is 1.95 bits per heavy atom. The van der Waals surface area contributed by atoms with Crippen LogP contribution >= 0.6 is 0 Å². The lowest BCUT2D eigenvalue weighted by molar-refractivity contribution is 0.0944. The van der Waals surface area contributed by atoms with Crippen LogP contribution in [0.3, 0.4) is 0 Å². The van der Waals surface area contributed by atoms with E-state index in [2.05, 4.69) is 31.8 Å². The third-order valence-corrected chi connectivity index (χ3v) is 8.81. The van der Waals surface area contributed by atoms with Gasteiger partial charge in [0.15, 0.2) is 0 Å². The molecular weight excluding hydrogens is 520 g/mol. The number of carbonyl (C=O) groups excluding carboxylic acids is 1. The summed E-state index contributed by atoms with van der Waals surface area (Å²) in [6.45, 7) is 2.61. The maximum Gasteiger partial charge on any atom is 0.251 e. The van der Waals surface area contributed by atoms with Crippen LogP contribution in [0.1, 0.15) is 43.0 Å². The van der Waals surface area contributed by atoms with Crippen molar-refractivity contribution in [2.75, 3.05) is 37.3 Å². The van der Waals surface area contributed by atoms with Crippen molar-refractivity contribution in [2.24, 2.45) is 0 Å². The Kier molecular flexibility index (Phi) is 8.90. The van der Waals surface area contributed by atoms with Gasteiger partial charge in [-0.1, -0.05) is 6.92 Å². The lowest BCUT2D eigenvalue weighted by Gasteiger charge is -2.40. The fourth-order valence-electron chi connectivity index (χ4n) is 4.60. The molecule has 3 heterocycles. The molecule has 0 spiro atoms. The maximum atomic E-state index is 12.5. The van der Waals surface area contributed by atoms with Crippen molar-refractivity contribution in [1.82, 2.24) is 29.4 Å². The normalized spacial score (nSPS) is 15.4. The molecule has 1 aliphatic heterocycles. The van der Waals surface area contributed by atoms with Crippen LogP contribution in [-0.2, 0) is 15.6 Å². The molecule has 39 heavy (non-hydrogen) atoms. The highest BCUT2D eigenvalue weighted by Gasteiger charge is 2.40. The summed E-state index contributed by atoms with van der Waals surface area (Å²) >= 11 is 0. The van der Waals surface area contributed by atoms with Crippen molar-refractivity contribution in [2.45, 2.75) is 38.1 Å². The van der Waals surface area contributed by atoms with Crippen LogP contribution in [-0.4, -0.2) is 75.5 Å². The fraction of sp³-hybridized carbons (Fsp3) is 0.423. The molecule has 12 nitrogen and oxygen atoms in total. The van der Waals surface area contributed by atoms with E-state index < -0.39 is 15.6 Å². The van der Waals surface area contributed by atoms with E-state index in [1.54, 1.807) is 47.4 Å². The number of anilines is 2. The van der Waals surface area contributed by atoms with Crippen LogP contribution in [0.25, 0.3) is 11.3 Å². The second kappa shape index (κ2) is 12.3. The van der Waals surface area contributed by atoms with Crippen molar-refractivity contribution in [3.8, 4) is 17.3 Å². The van der Waals surface area contributed by atoms with E-state index in [-0.39, 0.29) is 31.2 Å². The van der Waals surface area contributed by atoms with E-state index >= 15 is 0 Å². The third-order valence-electron chi connectivity index (χ3n) is 6.74. The van der Waals surface area contributed by atoms with Gasteiger partial charge < -0.3 is 15.7 Å². The Morgan fingerprint density at radius 1 is 1.21 bits per heavy atom. The number of carbonyl (C=O) groups is 1. The van der Waals surface area contributed by atoms with E-state index in [0.29, 0.717) is 55.2 Å². The topological polar surface area (TPSA) is 166 Å². The molecule has 4 rings (SSSR count). The molecule has 1 aliphatic rings. The molecular formula is C26H32N8O4S. The average molecular weight is 553 g/mol. The molecule has 0 aliphatic carbocycles. The van der Waals surface area contributed by atoms with Gasteiger partial charge in [0.25, 0.3) is 5.91 Å². The molecule has 0 radical (unpaired) electrons. The molecule has 3 aromatic rings. The van der Waals surface area contributed by atoms with E-state index in [1.807, 2.05) is 13.1 Å². The zero-order valence-corrected chi connectivity index (χ0v) is 22.6. The first-order valence-corrected chi connectivity index (χ1v) is 14.4. The van der Waals surface area contributed by atoms with Crippen LogP contribution in [0.15, 0.2) is 48.9 Å². The molecule has 2 aromatic heterocycles. The van der Waals surface area contributed by atoms with Gasteiger partial charge in [-0.25, -0.2) is 22.7 Å². The van der Waals surface area contributed by atoms with Gasteiger partial charge in [0.1, 0.15) is 0 Å². The number of amides is 1. The minimum absolute atomic E-state index is 0.123. The number of piperidine rings is 1. The summed E-state index contributed by atoms with van der Waals surface area (Å²) in [5.74, 6) is 0.213. The van der Waals surface area contributed by atoms with Gasteiger partial charge in [0.05, 0.1) is 42.3 Å². The summed E-state index contributed by atoms with van der Waals surface area (Å²) < 4.78 is 28.3. The number of rotatable bonds is 11. The number of nitrogens with one attached hydrogen (secondary N) is 2. The summed E-state index contributed by atoms with van der Waals surface area (Å²) in [4.78, 5) is 20.9. The number of hydrogen-bond acceptors (Lipinski definition) is 9. The first-order valence-electron chi connectivity index (χ1n) is 12.8. The minimum Gasteiger partial charge on any atom is -0.395 e. The van der Waals surface area contributed by atoms with Crippen molar-refractivity contribution in [3.63, 3.8) is 0 Å². The number of sulfonamides is 1. The van der Waals surface area contributed by atoms with E-state index in [1.165, 1.54) is 4.31 Å². The Balaban J connectivity index is 1.48. The highest BCUT2D eigenvalue weighted by Crippen LogP contribution is 2.35. The van der Waals surface area contributed by atoms with Crippen LogP contribution < -0.4 is 10.6 Å². The van der Waals surface area contributed by atoms with Gasteiger partial charge in [-0.2, -0.15) is 10.4 Å². The van der Waals surface area contributed by atoms with E-state index in [0.717, 1.165) is 5.56 Å². The average Bonchev–Trinajstić information content (AvgIpc) is 3.44. The van der Waals surface area contributed by atoms with Crippen molar-refractivity contribution >= 4 is 27.6 Å². The predicted octanol–water partition coefficient (Wildman–Crippen LogP) is 2.25. The second-order valence-electron chi connectivity index (χ2n) is 9.40. The van der Waals surface area contributed by atoms with Crippen molar-refractivity contribution in [1.29, 1.82) is 5.26 Å². The summed E-state index contributed by atoms with van der Waals surface area (Å²) in [5.41, 5.74) is 1.95. The molecule has 3 N–H and O–H groups in total. The minimum atomic E-state index is -3.29. The van der Waals surface area contributed by atoms with Gasteiger partial charge in [-0.15, -0.1) is 0 Å². The summed E-state index contributed by atoms with van der Waals surface area (Å²) in [6.07, 6.45) is 6.94. The van der Waals surface area contributed by atoms with E-state index in [4.69, 9.17) is 5.11 Å². The number of benzene rings is 1. The number of nitrogens with zero attached hydrogens (tertiary/aromatic N) is 6. The van der Waals surface area contributed by atoms with Crippen molar-refractivity contribution < 1.29 is 18.3 Å². The zero-order valence-electron chi connectivity index (χ0n) is 21.7. The maximum absolute atomic E-state index is 12.5. The Morgan fingerprint density at radius 3 is 2.62 bits per heavy atom. The largest absolute Gasteiger partial charge is 0.395 e. The quantitative estimate of drug-likeness (QED) is 0.323. The number of aliphatic hydroxyl groups excluding tert-OH is 1. The van der Waals surface area contributed by atoms with Crippen LogP contribution in [0, 0.1) is 11.3 Å². The van der Waals surface area contributed by atoms with Gasteiger partial charge >= 0.3 is 0 Å².